The number of hydrogen-bond acceptors (Lipinski definition) is 4. The van der Waals surface area contributed by atoms with Gasteiger partial charge in [0.25, 0.3) is 0 Å². The highest BCUT2D eigenvalue weighted by molar-refractivity contribution is 7.99. The largest absolute Gasteiger partial charge is 0.349 e. The van der Waals surface area contributed by atoms with Gasteiger partial charge in [0.2, 0.25) is 5.91 Å². The van der Waals surface area contributed by atoms with Crippen LogP contribution in [-0.4, -0.2) is 26.8 Å². The van der Waals surface area contributed by atoms with Gasteiger partial charge < -0.3 is 5.32 Å². The molecule has 100 valence electrons. The fourth-order valence-electron chi connectivity index (χ4n) is 1.58. The third-order valence-corrected chi connectivity index (χ3v) is 3.70. The molecule has 2 rings (SSSR count). The first-order valence-electron chi connectivity index (χ1n) is 5.69. The molecule has 2 aromatic rings. The van der Waals surface area contributed by atoms with Crippen LogP contribution in [0.3, 0.4) is 0 Å². The van der Waals surface area contributed by atoms with E-state index >= 15 is 0 Å². The summed E-state index contributed by atoms with van der Waals surface area (Å²) in [6.45, 7) is 1.90. The van der Waals surface area contributed by atoms with Crippen molar-refractivity contribution in [2.75, 3.05) is 5.75 Å². The van der Waals surface area contributed by atoms with Crippen LogP contribution in [0.15, 0.2) is 35.7 Å². The number of amides is 1. The summed E-state index contributed by atoms with van der Waals surface area (Å²) >= 11 is 7.38. The molecule has 5 nitrogen and oxygen atoms in total. The van der Waals surface area contributed by atoms with Crippen molar-refractivity contribution in [2.24, 2.45) is 0 Å². The highest BCUT2D eigenvalue weighted by Gasteiger charge is 2.12. The summed E-state index contributed by atoms with van der Waals surface area (Å²) in [5.41, 5.74) is 0.905. The lowest BCUT2D eigenvalue weighted by Gasteiger charge is -2.15. The van der Waals surface area contributed by atoms with E-state index in [4.69, 9.17) is 11.6 Å². The van der Waals surface area contributed by atoms with Gasteiger partial charge in [-0.3, -0.25) is 9.89 Å². The van der Waals surface area contributed by atoms with Crippen molar-refractivity contribution in [3.05, 3.63) is 41.2 Å². The van der Waals surface area contributed by atoms with Crippen molar-refractivity contribution in [3.8, 4) is 0 Å². The van der Waals surface area contributed by atoms with Crippen LogP contribution >= 0.6 is 23.4 Å². The fraction of sp³-hybridized carbons (Fsp3) is 0.250. The standard InChI is InChI=1S/C12H13ClN4OS/c1-8(9-4-2-3-5-10(9)13)16-11(18)6-19-12-14-7-15-17-12/h2-5,7-8H,6H2,1H3,(H,16,18)(H,14,15,17). The van der Waals surface area contributed by atoms with E-state index in [-0.39, 0.29) is 17.7 Å². The number of rotatable bonds is 5. The van der Waals surface area contributed by atoms with Crippen LogP contribution in [0.1, 0.15) is 18.5 Å². The molecule has 1 amide bonds. The summed E-state index contributed by atoms with van der Waals surface area (Å²) in [6, 6.07) is 7.34. The van der Waals surface area contributed by atoms with Crippen molar-refractivity contribution < 1.29 is 4.79 Å². The summed E-state index contributed by atoms with van der Waals surface area (Å²) in [4.78, 5) is 15.7. The lowest BCUT2D eigenvalue weighted by atomic mass is 10.1. The van der Waals surface area contributed by atoms with Crippen molar-refractivity contribution in [3.63, 3.8) is 0 Å². The zero-order valence-corrected chi connectivity index (χ0v) is 11.8. The Hall–Kier alpha value is -1.53. The van der Waals surface area contributed by atoms with Crippen LogP contribution in [-0.2, 0) is 4.79 Å². The van der Waals surface area contributed by atoms with E-state index in [9.17, 15) is 4.79 Å². The summed E-state index contributed by atoms with van der Waals surface area (Å²) < 4.78 is 0. The number of H-pyrrole nitrogens is 1. The second kappa shape index (κ2) is 6.58. The van der Waals surface area contributed by atoms with E-state index < -0.39 is 0 Å². The predicted octanol–water partition coefficient (Wildman–Crippen LogP) is 2.43. The number of carbonyl (C=O) groups excluding carboxylic acids is 1. The van der Waals surface area contributed by atoms with Crippen molar-refractivity contribution >= 4 is 29.3 Å². The molecular weight excluding hydrogens is 284 g/mol. The first kappa shape index (κ1) is 13.9. The summed E-state index contributed by atoms with van der Waals surface area (Å²) in [6.07, 6.45) is 1.41. The van der Waals surface area contributed by atoms with E-state index in [2.05, 4.69) is 20.5 Å². The molecule has 2 N–H and O–H groups in total. The van der Waals surface area contributed by atoms with Gasteiger partial charge in [-0.05, 0) is 18.6 Å². The van der Waals surface area contributed by atoms with Gasteiger partial charge in [0.1, 0.15) is 6.33 Å². The lowest BCUT2D eigenvalue weighted by molar-refractivity contribution is -0.119. The Kier molecular flexibility index (Phi) is 4.81. The summed E-state index contributed by atoms with van der Waals surface area (Å²) in [7, 11) is 0. The number of benzene rings is 1. The molecule has 19 heavy (non-hydrogen) atoms. The lowest BCUT2D eigenvalue weighted by Crippen LogP contribution is -2.28. The third-order valence-electron chi connectivity index (χ3n) is 2.48. The minimum absolute atomic E-state index is 0.0752. The quantitative estimate of drug-likeness (QED) is 0.831. The zero-order valence-electron chi connectivity index (χ0n) is 10.3. The highest BCUT2D eigenvalue weighted by atomic mass is 35.5. The van der Waals surface area contributed by atoms with Crippen molar-refractivity contribution in [2.45, 2.75) is 18.1 Å². The van der Waals surface area contributed by atoms with Crippen molar-refractivity contribution in [1.29, 1.82) is 0 Å². The number of aromatic nitrogens is 3. The van der Waals surface area contributed by atoms with Gasteiger partial charge in [-0.1, -0.05) is 41.6 Å². The number of nitrogens with zero attached hydrogens (tertiary/aromatic N) is 2. The average Bonchev–Trinajstić information content (AvgIpc) is 2.90. The Bertz CT molecular complexity index is 546. The maximum absolute atomic E-state index is 11.8. The number of carbonyl (C=O) groups is 1. The normalized spacial score (nSPS) is 12.1. The molecule has 0 spiro atoms. The van der Waals surface area contributed by atoms with Crippen LogP contribution in [0.4, 0.5) is 0 Å². The second-order valence-corrected chi connectivity index (χ2v) is 5.26. The number of aromatic amines is 1. The number of thioether (sulfide) groups is 1. The van der Waals surface area contributed by atoms with E-state index in [1.54, 1.807) is 0 Å². The topological polar surface area (TPSA) is 70.7 Å². The third kappa shape index (κ3) is 3.97. The molecular formula is C12H13ClN4OS. The maximum atomic E-state index is 11.8. The van der Waals surface area contributed by atoms with Crippen LogP contribution < -0.4 is 5.32 Å². The molecule has 0 saturated heterocycles. The smallest absolute Gasteiger partial charge is 0.230 e. The van der Waals surface area contributed by atoms with Crippen LogP contribution in [0.2, 0.25) is 5.02 Å². The fourth-order valence-corrected chi connectivity index (χ4v) is 2.47. The van der Waals surface area contributed by atoms with E-state index in [1.807, 2.05) is 31.2 Å². The zero-order chi connectivity index (χ0) is 13.7. The second-order valence-electron chi connectivity index (χ2n) is 3.89. The van der Waals surface area contributed by atoms with Gasteiger partial charge in [-0.15, -0.1) is 0 Å². The van der Waals surface area contributed by atoms with E-state index in [1.165, 1.54) is 18.1 Å². The number of hydrogen-bond donors (Lipinski definition) is 2. The molecule has 0 aliphatic carbocycles. The van der Waals surface area contributed by atoms with Gasteiger partial charge in [0.15, 0.2) is 5.16 Å². The Morgan fingerprint density at radius 2 is 2.32 bits per heavy atom. The predicted molar refractivity (Wildman–Crippen MR) is 75.1 cm³/mol. The van der Waals surface area contributed by atoms with E-state index in [0.717, 1.165) is 5.56 Å². The summed E-state index contributed by atoms with van der Waals surface area (Å²) in [5.74, 6) is 0.207. The Labute approximate surface area is 120 Å². The molecule has 1 aromatic carbocycles. The summed E-state index contributed by atoms with van der Waals surface area (Å²) in [5, 5.41) is 10.6. The SMILES string of the molecule is CC(NC(=O)CSc1ncn[nH]1)c1ccccc1Cl. The van der Waals surface area contributed by atoms with E-state index in [0.29, 0.717) is 10.2 Å². The molecule has 0 fully saturated rings. The Morgan fingerprint density at radius 3 is 3.00 bits per heavy atom. The monoisotopic (exact) mass is 296 g/mol. The van der Waals surface area contributed by atoms with Gasteiger partial charge in [0, 0.05) is 5.02 Å². The average molecular weight is 297 g/mol. The minimum Gasteiger partial charge on any atom is -0.349 e. The molecule has 0 aliphatic heterocycles. The van der Waals surface area contributed by atoms with Crippen molar-refractivity contribution in [1.82, 2.24) is 20.5 Å². The molecule has 1 atom stereocenters. The number of nitrogens with one attached hydrogen (secondary N) is 2. The first-order valence-corrected chi connectivity index (χ1v) is 7.05. The molecule has 7 heteroatoms. The van der Waals surface area contributed by atoms with Gasteiger partial charge in [-0.25, -0.2) is 4.98 Å². The van der Waals surface area contributed by atoms with Gasteiger partial charge in [0.05, 0.1) is 11.8 Å². The van der Waals surface area contributed by atoms with Gasteiger partial charge in [-0.2, -0.15) is 5.10 Å². The van der Waals surface area contributed by atoms with Gasteiger partial charge >= 0.3 is 0 Å². The van der Waals surface area contributed by atoms with Crippen LogP contribution in [0, 0.1) is 0 Å². The molecule has 1 heterocycles. The Morgan fingerprint density at radius 1 is 1.53 bits per heavy atom. The molecule has 0 bridgehead atoms. The first-order chi connectivity index (χ1) is 9.16. The molecule has 1 aromatic heterocycles. The molecule has 0 aliphatic rings. The van der Waals surface area contributed by atoms with Crippen LogP contribution in [0.5, 0.6) is 0 Å². The Balaban J connectivity index is 1.87. The number of halogens is 1. The van der Waals surface area contributed by atoms with Crippen LogP contribution in [0.25, 0.3) is 0 Å². The molecule has 1 unspecified atom stereocenters. The maximum Gasteiger partial charge on any atom is 0.230 e. The highest BCUT2D eigenvalue weighted by Crippen LogP contribution is 2.22. The molecule has 0 radical (unpaired) electrons. The molecule has 0 saturated carbocycles. The minimum atomic E-state index is -0.128.